The molecule has 0 aliphatic carbocycles. The quantitative estimate of drug-likeness (QED) is 0.811. The maximum Gasteiger partial charge on any atom is 0.228 e. The van der Waals surface area contributed by atoms with Crippen molar-refractivity contribution in [3.8, 4) is 0 Å². The van der Waals surface area contributed by atoms with Crippen LogP contribution >= 0.6 is 0 Å². The Hall–Kier alpha value is -2.10. The van der Waals surface area contributed by atoms with Crippen LogP contribution in [0.3, 0.4) is 0 Å². The van der Waals surface area contributed by atoms with Crippen LogP contribution in [0.1, 0.15) is 43.4 Å². The van der Waals surface area contributed by atoms with Crippen LogP contribution in [0.15, 0.2) is 36.7 Å². The van der Waals surface area contributed by atoms with Gasteiger partial charge in [-0.3, -0.25) is 9.48 Å². The lowest BCUT2D eigenvalue weighted by Gasteiger charge is -2.37. The average Bonchev–Trinajstić information content (AvgIpc) is 2.90. The van der Waals surface area contributed by atoms with Crippen molar-refractivity contribution < 1.29 is 4.79 Å². The monoisotopic (exact) mass is 297 g/mol. The first-order valence-corrected chi connectivity index (χ1v) is 7.72. The molecule has 1 aromatic heterocycles. The lowest BCUT2D eigenvalue weighted by atomic mass is 9.84. The number of rotatable bonds is 1. The predicted molar refractivity (Wildman–Crippen MR) is 86.4 cm³/mol. The SMILES string of the molecule is Cn1cc(C2CN(C(=O)C(C)(C)C)Cc3ccccc32)cn1. The van der Waals surface area contributed by atoms with E-state index in [9.17, 15) is 4.79 Å². The Morgan fingerprint density at radius 1 is 1.27 bits per heavy atom. The highest BCUT2D eigenvalue weighted by Gasteiger charge is 2.34. The third-order valence-electron chi connectivity index (χ3n) is 4.25. The third-order valence-corrected chi connectivity index (χ3v) is 4.25. The summed E-state index contributed by atoms with van der Waals surface area (Å²) in [5, 5.41) is 4.30. The van der Waals surface area contributed by atoms with Crippen molar-refractivity contribution >= 4 is 5.91 Å². The van der Waals surface area contributed by atoms with Gasteiger partial charge in [0.15, 0.2) is 0 Å². The second-order valence-corrected chi connectivity index (χ2v) is 7.13. The van der Waals surface area contributed by atoms with E-state index >= 15 is 0 Å². The van der Waals surface area contributed by atoms with E-state index in [0.29, 0.717) is 6.54 Å². The molecular formula is C18H23N3O. The molecule has 4 nitrogen and oxygen atoms in total. The zero-order chi connectivity index (χ0) is 15.9. The number of nitrogens with zero attached hydrogens (tertiary/aromatic N) is 3. The van der Waals surface area contributed by atoms with Crippen LogP contribution in [0.25, 0.3) is 0 Å². The molecule has 2 heterocycles. The summed E-state index contributed by atoms with van der Waals surface area (Å²) in [4.78, 5) is 14.7. The van der Waals surface area contributed by atoms with Crippen molar-refractivity contribution in [2.75, 3.05) is 6.54 Å². The third kappa shape index (κ3) is 2.65. The van der Waals surface area contributed by atoms with E-state index in [1.807, 2.05) is 55.9 Å². The first-order valence-electron chi connectivity index (χ1n) is 7.72. The Bertz CT molecular complexity index is 696. The Morgan fingerprint density at radius 2 is 2.00 bits per heavy atom. The number of carbonyl (C=O) groups is 1. The van der Waals surface area contributed by atoms with E-state index in [2.05, 4.69) is 23.3 Å². The van der Waals surface area contributed by atoms with E-state index in [1.165, 1.54) is 16.7 Å². The minimum absolute atomic E-state index is 0.199. The lowest BCUT2D eigenvalue weighted by molar-refractivity contribution is -0.140. The molecule has 1 aliphatic rings. The molecule has 1 atom stereocenters. The van der Waals surface area contributed by atoms with E-state index in [1.54, 1.807) is 0 Å². The van der Waals surface area contributed by atoms with Gasteiger partial charge in [0.05, 0.1) is 6.20 Å². The van der Waals surface area contributed by atoms with Crippen LogP contribution in [0.5, 0.6) is 0 Å². The Balaban J connectivity index is 2.00. The van der Waals surface area contributed by atoms with Crippen LogP contribution in [0.4, 0.5) is 0 Å². The first kappa shape index (κ1) is 14.8. The summed E-state index contributed by atoms with van der Waals surface area (Å²) in [5.41, 5.74) is 3.36. The normalized spacial score (nSPS) is 18.2. The van der Waals surface area contributed by atoms with Crippen LogP contribution < -0.4 is 0 Å². The molecule has 0 N–H and O–H groups in total. The van der Waals surface area contributed by atoms with E-state index in [4.69, 9.17) is 0 Å². The molecule has 116 valence electrons. The number of aromatic nitrogens is 2. The number of hydrogen-bond acceptors (Lipinski definition) is 2. The van der Waals surface area contributed by atoms with Gasteiger partial charge in [-0.05, 0) is 16.7 Å². The molecule has 0 spiro atoms. The van der Waals surface area contributed by atoms with Gasteiger partial charge in [-0.25, -0.2) is 0 Å². The van der Waals surface area contributed by atoms with Gasteiger partial charge in [0.25, 0.3) is 0 Å². The molecule has 1 amide bonds. The summed E-state index contributed by atoms with van der Waals surface area (Å²) in [6.45, 7) is 7.36. The second kappa shape index (κ2) is 5.27. The lowest BCUT2D eigenvalue weighted by Crippen LogP contribution is -2.44. The maximum atomic E-state index is 12.7. The van der Waals surface area contributed by atoms with Crippen LogP contribution in [0, 0.1) is 5.41 Å². The second-order valence-electron chi connectivity index (χ2n) is 7.13. The fourth-order valence-electron chi connectivity index (χ4n) is 3.14. The van der Waals surface area contributed by atoms with Gasteiger partial charge >= 0.3 is 0 Å². The van der Waals surface area contributed by atoms with E-state index in [0.717, 1.165) is 6.54 Å². The summed E-state index contributed by atoms with van der Waals surface area (Å²) >= 11 is 0. The molecule has 4 heteroatoms. The predicted octanol–water partition coefficient (Wildman–Crippen LogP) is 2.94. The van der Waals surface area contributed by atoms with Crippen LogP contribution in [-0.2, 0) is 18.4 Å². The number of aryl methyl sites for hydroxylation is 1. The van der Waals surface area contributed by atoms with Gasteiger partial charge in [-0.2, -0.15) is 5.10 Å². The highest BCUT2D eigenvalue weighted by molar-refractivity contribution is 5.82. The zero-order valence-electron chi connectivity index (χ0n) is 13.7. The van der Waals surface area contributed by atoms with Crippen molar-refractivity contribution in [1.82, 2.24) is 14.7 Å². The highest BCUT2D eigenvalue weighted by atomic mass is 16.2. The molecule has 3 rings (SSSR count). The van der Waals surface area contributed by atoms with Crippen molar-refractivity contribution in [2.24, 2.45) is 12.5 Å². The van der Waals surface area contributed by atoms with E-state index in [-0.39, 0.29) is 17.2 Å². The fourth-order valence-corrected chi connectivity index (χ4v) is 3.14. The standard InChI is InChI=1S/C18H23N3O/c1-18(2,3)17(22)21-11-13-7-5-6-8-15(13)16(12-21)14-9-19-20(4)10-14/h5-10,16H,11-12H2,1-4H3. The summed E-state index contributed by atoms with van der Waals surface area (Å²) in [7, 11) is 1.93. The number of carbonyl (C=O) groups excluding carboxylic acids is 1. The molecule has 0 saturated carbocycles. The zero-order valence-corrected chi connectivity index (χ0v) is 13.7. The molecule has 0 saturated heterocycles. The number of amides is 1. The van der Waals surface area contributed by atoms with Gasteiger partial charge < -0.3 is 4.90 Å². The molecule has 1 aromatic carbocycles. The molecule has 1 unspecified atom stereocenters. The van der Waals surface area contributed by atoms with Crippen molar-refractivity contribution in [3.63, 3.8) is 0 Å². The molecule has 0 radical (unpaired) electrons. The summed E-state index contributed by atoms with van der Waals surface area (Å²) < 4.78 is 1.82. The number of hydrogen-bond donors (Lipinski definition) is 0. The molecule has 1 aliphatic heterocycles. The van der Waals surface area contributed by atoms with Crippen molar-refractivity contribution in [1.29, 1.82) is 0 Å². The molecule has 0 bridgehead atoms. The van der Waals surface area contributed by atoms with Gasteiger partial charge in [0.2, 0.25) is 5.91 Å². The Labute approximate surface area is 131 Å². The van der Waals surface area contributed by atoms with E-state index < -0.39 is 0 Å². The van der Waals surface area contributed by atoms with Gasteiger partial charge in [-0.15, -0.1) is 0 Å². The summed E-state index contributed by atoms with van der Waals surface area (Å²) in [5.74, 6) is 0.404. The molecular weight excluding hydrogens is 274 g/mol. The highest BCUT2D eigenvalue weighted by Crippen LogP contribution is 2.34. The fraction of sp³-hybridized carbons (Fsp3) is 0.444. The smallest absolute Gasteiger partial charge is 0.228 e. The van der Waals surface area contributed by atoms with Crippen LogP contribution in [-0.4, -0.2) is 27.1 Å². The van der Waals surface area contributed by atoms with Crippen molar-refractivity contribution in [2.45, 2.75) is 33.2 Å². The minimum atomic E-state index is -0.355. The maximum absolute atomic E-state index is 12.7. The molecule has 0 fully saturated rings. The average molecular weight is 297 g/mol. The van der Waals surface area contributed by atoms with Gasteiger partial charge in [0, 0.05) is 37.7 Å². The van der Waals surface area contributed by atoms with Crippen molar-refractivity contribution in [3.05, 3.63) is 53.3 Å². The summed E-state index contributed by atoms with van der Waals surface area (Å²) in [6.07, 6.45) is 3.96. The topological polar surface area (TPSA) is 38.1 Å². The first-order chi connectivity index (χ1) is 10.4. The minimum Gasteiger partial charge on any atom is -0.337 e. The largest absolute Gasteiger partial charge is 0.337 e. The number of benzene rings is 1. The van der Waals surface area contributed by atoms with Gasteiger partial charge in [0.1, 0.15) is 0 Å². The Kier molecular flexibility index (Phi) is 3.55. The Morgan fingerprint density at radius 3 is 2.64 bits per heavy atom. The molecule has 22 heavy (non-hydrogen) atoms. The summed E-state index contributed by atoms with van der Waals surface area (Å²) in [6, 6.07) is 8.42. The molecule has 2 aromatic rings. The van der Waals surface area contributed by atoms with Crippen LogP contribution in [0.2, 0.25) is 0 Å². The van der Waals surface area contributed by atoms with Gasteiger partial charge in [-0.1, -0.05) is 45.0 Å². The number of fused-ring (bicyclic) bond motifs is 1.